The molecule has 1 aliphatic rings. The van der Waals surface area contributed by atoms with Gasteiger partial charge >= 0.3 is 0 Å². The molecular weight excluding hydrogens is 407 g/mol. The third-order valence-electron chi connectivity index (χ3n) is 5.97. The average molecular weight is 435 g/mol. The largest absolute Gasteiger partial charge is 0.340 e. The molecular formula is C25H27FN4O2. The zero-order valence-electron chi connectivity index (χ0n) is 18.4. The van der Waals surface area contributed by atoms with Crippen molar-refractivity contribution in [2.45, 2.75) is 33.2 Å². The van der Waals surface area contributed by atoms with E-state index in [2.05, 4.69) is 5.10 Å². The van der Waals surface area contributed by atoms with Gasteiger partial charge in [-0.25, -0.2) is 9.07 Å². The number of para-hydroxylation sites is 1. The summed E-state index contributed by atoms with van der Waals surface area (Å²) < 4.78 is 15.4. The lowest BCUT2D eigenvalue weighted by Crippen LogP contribution is -2.36. The molecule has 7 heteroatoms. The van der Waals surface area contributed by atoms with E-state index in [4.69, 9.17) is 0 Å². The van der Waals surface area contributed by atoms with Crippen LogP contribution in [0.3, 0.4) is 0 Å². The van der Waals surface area contributed by atoms with Crippen LogP contribution >= 0.6 is 0 Å². The second-order valence-corrected chi connectivity index (χ2v) is 8.15. The van der Waals surface area contributed by atoms with Crippen molar-refractivity contribution in [1.82, 2.24) is 19.6 Å². The van der Waals surface area contributed by atoms with Crippen LogP contribution in [0, 0.1) is 19.7 Å². The smallest absolute Gasteiger partial charge is 0.227 e. The van der Waals surface area contributed by atoms with Crippen molar-refractivity contribution in [2.75, 3.05) is 19.6 Å². The normalized spacial score (nSPS) is 14.5. The minimum atomic E-state index is -0.316. The Bertz CT molecular complexity index is 1130. The van der Waals surface area contributed by atoms with E-state index in [0.29, 0.717) is 26.2 Å². The number of hydrogen-bond acceptors (Lipinski definition) is 3. The van der Waals surface area contributed by atoms with Gasteiger partial charge in [-0.2, -0.15) is 5.10 Å². The number of aromatic nitrogens is 2. The summed E-state index contributed by atoms with van der Waals surface area (Å²) in [5, 5.41) is 4.63. The van der Waals surface area contributed by atoms with Gasteiger partial charge < -0.3 is 9.80 Å². The summed E-state index contributed by atoms with van der Waals surface area (Å²) in [5.41, 5.74) is 4.41. The molecule has 0 bridgehead atoms. The predicted octanol–water partition coefficient (Wildman–Crippen LogP) is 3.43. The number of hydrogen-bond donors (Lipinski definition) is 0. The Hall–Kier alpha value is -3.48. The van der Waals surface area contributed by atoms with Gasteiger partial charge in [0, 0.05) is 43.9 Å². The molecule has 3 aromatic rings. The van der Waals surface area contributed by atoms with E-state index in [9.17, 15) is 14.0 Å². The first-order valence-corrected chi connectivity index (χ1v) is 10.8. The van der Waals surface area contributed by atoms with Gasteiger partial charge in [0.1, 0.15) is 5.82 Å². The zero-order valence-corrected chi connectivity index (χ0v) is 18.4. The van der Waals surface area contributed by atoms with Crippen molar-refractivity contribution in [2.24, 2.45) is 0 Å². The van der Waals surface area contributed by atoms with E-state index in [-0.39, 0.29) is 30.5 Å². The van der Waals surface area contributed by atoms with E-state index in [0.717, 1.165) is 28.2 Å². The molecule has 0 unspecified atom stereocenters. The van der Waals surface area contributed by atoms with E-state index in [1.807, 2.05) is 48.9 Å². The van der Waals surface area contributed by atoms with Crippen LogP contribution in [0.2, 0.25) is 0 Å². The van der Waals surface area contributed by atoms with Crippen LogP contribution in [-0.4, -0.2) is 51.0 Å². The fourth-order valence-electron chi connectivity index (χ4n) is 4.15. The summed E-state index contributed by atoms with van der Waals surface area (Å²) in [7, 11) is 0. The Morgan fingerprint density at radius 1 is 1.03 bits per heavy atom. The van der Waals surface area contributed by atoms with Crippen molar-refractivity contribution in [3.05, 3.63) is 82.9 Å². The predicted molar refractivity (Wildman–Crippen MR) is 120 cm³/mol. The Labute approximate surface area is 187 Å². The molecule has 0 N–H and O–H groups in total. The van der Waals surface area contributed by atoms with Crippen molar-refractivity contribution in [3.8, 4) is 5.69 Å². The first kappa shape index (κ1) is 21.7. The van der Waals surface area contributed by atoms with Crippen LogP contribution in [0.25, 0.3) is 5.69 Å². The minimum Gasteiger partial charge on any atom is -0.340 e. The molecule has 4 rings (SSSR count). The highest BCUT2D eigenvalue weighted by Crippen LogP contribution is 2.20. The minimum absolute atomic E-state index is 0.00998. The highest BCUT2D eigenvalue weighted by atomic mass is 19.1. The maximum absolute atomic E-state index is 13.5. The molecule has 2 amide bonds. The molecule has 1 saturated heterocycles. The molecule has 0 radical (unpaired) electrons. The topological polar surface area (TPSA) is 58.4 Å². The lowest BCUT2D eigenvalue weighted by Gasteiger charge is -2.22. The molecule has 1 aromatic heterocycles. The molecule has 2 heterocycles. The summed E-state index contributed by atoms with van der Waals surface area (Å²) in [5.74, 6) is -0.346. The molecule has 0 atom stereocenters. The Morgan fingerprint density at radius 2 is 1.81 bits per heavy atom. The Balaban J connectivity index is 1.43. The maximum atomic E-state index is 13.5. The number of carbonyl (C=O) groups excluding carboxylic acids is 2. The second kappa shape index (κ2) is 9.34. The van der Waals surface area contributed by atoms with Gasteiger partial charge in [-0.05, 0) is 43.7 Å². The molecule has 6 nitrogen and oxygen atoms in total. The third kappa shape index (κ3) is 4.72. The van der Waals surface area contributed by atoms with Crippen LogP contribution in [0.4, 0.5) is 4.39 Å². The highest BCUT2D eigenvalue weighted by molar-refractivity contribution is 5.82. The van der Waals surface area contributed by atoms with E-state index in [1.54, 1.807) is 21.9 Å². The molecule has 32 heavy (non-hydrogen) atoms. The highest BCUT2D eigenvalue weighted by Gasteiger charge is 2.25. The standard InChI is InChI=1S/C25H27FN4O2/c1-18-23(19(2)30(27-18)22-9-4-3-5-10-22)16-25(32)28-12-11-24(31)29(14-13-28)17-20-7-6-8-21(26)15-20/h3-10,15H,11-14,16-17H2,1-2H3. The zero-order chi connectivity index (χ0) is 22.7. The number of rotatable bonds is 5. The van der Waals surface area contributed by atoms with Crippen LogP contribution in [0.5, 0.6) is 0 Å². The molecule has 1 aliphatic heterocycles. The number of nitrogens with zero attached hydrogens (tertiary/aromatic N) is 4. The van der Waals surface area contributed by atoms with Crippen molar-refractivity contribution < 1.29 is 14.0 Å². The summed E-state index contributed by atoms with van der Waals surface area (Å²) in [6, 6.07) is 16.1. The third-order valence-corrected chi connectivity index (χ3v) is 5.97. The van der Waals surface area contributed by atoms with Gasteiger partial charge in [0.05, 0.1) is 17.8 Å². The van der Waals surface area contributed by atoms with Crippen LogP contribution in [0.15, 0.2) is 54.6 Å². The first-order chi connectivity index (χ1) is 15.4. The average Bonchev–Trinajstić information content (AvgIpc) is 2.94. The molecule has 0 spiro atoms. The van der Waals surface area contributed by atoms with Crippen LogP contribution < -0.4 is 0 Å². The SMILES string of the molecule is Cc1nn(-c2ccccc2)c(C)c1CC(=O)N1CCC(=O)N(Cc2cccc(F)c2)CC1. The summed E-state index contributed by atoms with van der Waals surface area (Å²) >= 11 is 0. The maximum Gasteiger partial charge on any atom is 0.227 e. The summed E-state index contributed by atoms with van der Waals surface area (Å²) in [6.07, 6.45) is 0.519. The molecule has 166 valence electrons. The van der Waals surface area contributed by atoms with Crippen molar-refractivity contribution >= 4 is 11.8 Å². The number of carbonyl (C=O) groups is 2. The summed E-state index contributed by atoms with van der Waals surface area (Å²) in [4.78, 5) is 29.1. The van der Waals surface area contributed by atoms with E-state index >= 15 is 0 Å². The molecule has 1 fully saturated rings. The lowest BCUT2D eigenvalue weighted by atomic mass is 10.1. The molecule has 0 saturated carbocycles. The van der Waals surface area contributed by atoms with Gasteiger partial charge in [0.2, 0.25) is 11.8 Å². The van der Waals surface area contributed by atoms with Crippen LogP contribution in [-0.2, 0) is 22.6 Å². The van der Waals surface area contributed by atoms with Gasteiger partial charge in [-0.15, -0.1) is 0 Å². The van der Waals surface area contributed by atoms with Crippen molar-refractivity contribution in [1.29, 1.82) is 0 Å². The molecule has 2 aromatic carbocycles. The number of halogens is 1. The van der Waals surface area contributed by atoms with Crippen LogP contribution in [0.1, 0.15) is 28.9 Å². The number of amides is 2. The Morgan fingerprint density at radius 3 is 2.56 bits per heavy atom. The second-order valence-electron chi connectivity index (χ2n) is 8.15. The number of aryl methyl sites for hydroxylation is 1. The monoisotopic (exact) mass is 434 g/mol. The van der Waals surface area contributed by atoms with Gasteiger partial charge in [0.15, 0.2) is 0 Å². The Kier molecular flexibility index (Phi) is 6.35. The van der Waals surface area contributed by atoms with E-state index < -0.39 is 0 Å². The number of benzene rings is 2. The van der Waals surface area contributed by atoms with Gasteiger partial charge in [-0.1, -0.05) is 30.3 Å². The fraction of sp³-hybridized carbons (Fsp3) is 0.320. The lowest BCUT2D eigenvalue weighted by molar-refractivity contribution is -0.130. The van der Waals surface area contributed by atoms with E-state index in [1.165, 1.54) is 12.1 Å². The van der Waals surface area contributed by atoms with Gasteiger partial charge in [0.25, 0.3) is 0 Å². The van der Waals surface area contributed by atoms with Crippen molar-refractivity contribution in [3.63, 3.8) is 0 Å². The van der Waals surface area contributed by atoms with Gasteiger partial charge in [-0.3, -0.25) is 9.59 Å². The molecule has 0 aliphatic carbocycles. The fourth-order valence-corrected chi connectivity index (χ4v) is 4.15. The first-order valence-electron chi connectivity index (χ1n) is 10.8. The summed E-state index contributed by atoms with van der Waals surface area (Å²) in [6.45, 7) is 5.53. The quantitative estimate of drug-likeness (QED) is 0.618.